The molecule has 5 nitrogen and oxygen atoms in total. The molecule has 1 saturated heterocycles. The van der Waals surface area contributed by atoms with Gasteiger partial charge in [0.25, 0.3) is 0 Å². The molecule has 3 heterocycles. The predicted octanol–water partition coefficient (Wildman–Crippen LogP) is 2.22. The molecule has 0 saturated carbocycles. The molecule has 2 aromatic rings. The molecule has 0 amide bonds. The number of hydrogen-bond acceptors (Lipinski definition) is 5. The van der Waals surface area contributed by atoms with E-state index in [1.807, 2.05) is 18.5 Å². The second kappa shape index (κ2) is 7.53. The van der Waals surface area contributed by atoms with Crippen LogP contribution in [0.5, 0.6) is 0 Å². The third-order valence-electron chi connectivity index (χ3n) is 4.13. The smallest absolute Gasteiger partial charge is 0.0774 e. The molecule has 0 bridgehead atoms. The molecule has 2 aromatic heterocycles. The monoisotopic (exact) mass is 312 g/mol. The summed E-state index contributed by atoms with van der Waals surface area (Å²) in [6.07, 6.45) is 3.78. The Hall–Kier alpha value is -1.98. The lowest BCUT2D eigenvalue weighted by atomic mass is 10.1. The Labute approximate surface area is 137 Å². The Morgan fingerprint density at radius 1 is 1.13 bits per heavy atom. The van der Waals surface area contributed by atoms with Gasteiger partial charge < -0.3 is 15.0 Å². The zero-order valence-electron chi connectivity index (χ0n) is 13.9. The molecule has 1 fully saturated rings. The molecule has 0 aromatic carbocycles. The topological polar surface area (TPSA) is 50.3 Å². The molecule has 1 N–H and O–H groups in total. The highest BCUT2D eigenvalue weighted by Crippen LogP contribution is 2.19. The van der Waals surface area contributed by atoms with Crippen molar-refractivity contribution in [3.63, 3.8) is 0 Å². The van der Waals surface area contributed by atoms with Gasteiger partial charge in [0.05, 0.1) is 30.3 Å². The Kier molecular flexibility index (Phi) is 5.20. The summed E-state index contributed by atoms with van der Waals surface area (Å²) in [5.41, 5.74) is 5.81. The number of ether oxygens (including phenoxy) is 1. The Bertz CT molecular complexity index is 653. The minimum atomic E-state index is 0.739. The number of rotatable bonds is 5. The molecule has 0 aliphatic carbocycles. The number of aromatic nitrogens is 2. The molecule has 1 aliphatic heterocycles. The van der Waals surface area contributed by atoms with E-state index < -0.39 is 0 Å². The highest BCUT2D eigenvalue weighted by Gasteiger charge is 2.15. The van der Waals surface area contributed by atoms with Crippen molar-refractivity contribution in [2.24, 2.45) is 0 Å². The Morgan fingerprint density at radius 2 is 1.91 bits per heavy atom. The van der Waals surface area contributed by atoms with Gasteiger partial charge in [-0.3, -0.25) is 9.97 Å². The quantitative estimate of drug-likeness (QED) is 0.917. The normalized spacial score (nSPS) is 15.0. The summed E-state index contributed by atoms with van der Waals surface area (Å²) in [4.78, 5) is 11.4. The van der Waals surface area contributed by atoms with Crippen LogP contribution in [0, 0.1) is 13.8 Å². The summed E-state index contributed by atoms with van der Waals surface area (Å²) in [5.74, 6) is 0. The lowest BCUT2D eigenvalue weighted by molar-refractivity contribution is 0.122. The van der Waals surface area contributed by atoms with Crippen LogP contribution < -0.4 is 10.2 Å². The largest absolute Gasteiger partial charge is 0.378 e. The molecular formula is C18H24N4O. The average molecular weight is 312 g/mol. The summed E-state index contributed by atoms with van der Waals surface area (Å²) >= 11 is 0. The van der Waals surface area contributed by atoms with E-state index >= 15 is 0 Å². The maximum atomic E-state index is 5.44. The number of morpholine rings is 1. The SMILES string of the molecule is Cc1cnc(CNCc2ncccc2N2CCOCC2)c(C)c1. The molecule has 23 heavy (non-hydrogen) atoms. The van der Waals surface area contributed by atoms with Crippen LogP contribution in [0.4, 0.5) is 5.69 Å². The van der Waals surface area contributed by atoms with Gasteiger partial charge in [0, 0.05) is 38.6 Å². The van der Waals surface area contributed by atoms with Gasteiger partial charge in [-0.2, -0.15) is 0 Å². The van der Waals surface area contributed by atoms with Crippen molar-refractivity contribution in [3.05, 3.63) is 53.1 Å². The molecule has 0 radical (unpaired) electrons. The van der Waals surface area contributed by atoms with Gasteiger partial charge in [-0.25, -0.2) is 0 Å². The molecule has 0 unspecified atom stereocenters. The summed E-state index contributed by atoms with van der Waals surface area (Å²) in [6, 6.07) is 6.31. The zero-order valence-corrected chi connectivity index (χ0v) is 13.9. The second-order valence-electron chi connectivity index (χ2n) is 5.95. The van der Waals surface area contributed by atoms with Crippen LogP contribution in [0.15, 0.2) is 30.6 Å². The summed E-state index contributed by atoms with van der Waals surface area (Å²) in [7, 11) is 0. The third kappa shape index (κ3) is 4.06. The van der Waals surface area contributed by atoms with Gasteiger partial charge in [0.1, 0.15) is 0 Å². The van der Waals surface area contributed by atoms with E-state index in [0.29, 0.717) is 0 Å². The molecule has 0 spiro atoms. The van der Waals surface area contributed by atoms with Gasteiger partial charge in [0.15, 0.2) is 0 Å². The van der Waals surface area contributed by atoms with Crippen molar-refractivity contribution >= 4 is 5.69 Å². The van der Waals surface area contributed by atoms with Crippen LogP contribution in [0.2, 0.25) is 0 Å². The van der Waals surface area contributed by atoms with E-state index in [4.69, 9.17) is 4.74 Å². The van der Waals surface area contributed by atoms with Gasteiger partial charge in [0.2, 0.25) is 0 Å². The van der Waals surface area contributed by atoms with Crippen LogP contribution >= 0.6 is 0 Å². The number of hydrogen-bond donors (Lipinski definition) is 1. The van der Waals surface area contributed by atoms with E-state index in [-0.39, 0.29) is 0 Å². The van der Waals surface area contributed by atoms with Crippen molar-refractivity contribution < 1.29 is 4.74 Å². The van der Waals surface area contributed by atoms with Crippen molar-refractivity contribution in [1.29, 1.82) is 0 Å². The first-order valence-corrected chi connectivity index (χ1v) is 8.13. The summed E-state index contributed by atoms with van der Waals surface area (Å²) in [5, 5.41) is 3.47. The predicted molar refractivity (Wildman–Crippen MR) is 91.5 cm³/mol. The first kappa shape index (κ1) is 15.9. The van der Waals surface area contributed by atoms with E-state index in [9.17, 15) is 0 Å². The Morgan fingerprint density at radius 3 is 2.70 bits per heavy atom. The van der Waals surface area contributed by atoms with Gasteiger partial charge in [-0.15, -0.1) is 0 Å². The lowest BCUT2D eigenvalue weighted by Crippen LogP contribution is -2.37. The average Bonchev–Trinajstić information content (AvgIpc) is 2.58. The highest BCUT2D eigenvalue weighted by atomic mass is 16.5. The van der Waals surface area contributed by atoms with Crippen molar-refractivity contribution in [2.45, 2.75) is 26.9 Å². The van der Waals surface area contributed by atoms with Crippen LogP contribution in [0.3, 0.4) is 0 Å². The number of nitrogens with zero attached hydrogens (tertiary/aromatic N) is 3. The van der Waals surface area contributed by atoms with Crippen LogP contribution in [-0.4, -0.2) is 36.3 Å². The van der Waals surface area contributed by atoms with Crippen LogP contribution in [0.1, 0.15) is 22.5 Å². The first-order chi connectivity index (χ1) is 11.2. The number of anilines is 1. The fourth-order valence-electron chi connectivity index (χ4n) is 2.89. The van der Waals surface area contributed by atoms with E-state index in [1.165, 1.54) is 16.8 Å². The molecule has 5 heteroatoms. The standard InChI is InChI=1S/C18H24N4O/c1-14-10-15(2)16(21-11-14)12-19-13-17-18(4-3-5-20-17)22-6-8-23-9-7-22/h3-5,10-11,19H,6-9,12-13H2,1-2H3. The number of nitrogens with one attached hydrogen (secondary N) is 1. The fourth-order valence-corrected chi connectivity index (χ4v) is 2.89. The van der Waals surface area contributed by atoms with Crippen molar-refractivity contribution in [3.8, 4) is 0 Å². The third-order valence-corrected chi connectivity index (χ3v) is 4.13. The highest BCUT2D eigenvalue weighted by molar-refractivity contribution is 5.50. The molecule has 3 rings (SSSR count). The van der Waals surface area contributed by atoms with Gasteiger partial charge in [-0.1, -0.05) is 6.07 Å². The fraction of sp³-hybridized carbons (Fsp3) is 0.444. The number of pyridine rings is 2. The molecule has 1 aliphatic rings. The minimum Gasteiger partial charge on any atom is -0.378 e. The molecule has 0 atom stereocenters. The van der Waals surface area contributed by atoms with Crippen molar-refractivity contribution in [1.82, 2.24) is 15.3 Å². The van der Waals surface area contributed by atoms with Crippen molar-refractivity contribution in [2.75, 3.05) is 31.2 Å². The maximum Gasteiger partial charge on any atom is 0.0774 e. The molecular weight excluding hydrogens is 288 g/mol. The van der Waals surface area contributed by atoms with E-state index in [2.05, 4.69) is 46.2 Å². The molecule has 122 valence electrons. The van der Waals surface area contributed by atoms with Crippen LogP contribution in [0.25, 0.3) is 0 Å². The Balaban J connectivity index is 1.64. The summed E-state index contributed by atoms with van der Waals surface area (Å²) in [6.45, 7) is 9.10. The minimum absolute atomic E-state index is 0.739. The maximum absolute atomic E-state index is 5.44. The summed E-state index contributed by atoms with van der Waals surface area (Å²) < 4.78 is 5.44. The second-order valence-corrected chi connectivity index (χ2v) is 5.95. The first-order valence-electron chi connectivity index (χ1n) is 8.13. The number of aryl methyl sites for hydroxylation is 2. The van der Waals surface area contributed by atoms with Gasteiger partial charge in [-0.05, 0) is 37.1 Å². The zero-order chi connectivity index (χ0) is 16.1. The lowest BCUT2D eigenvalue weighted by Gasteiger charge is -2.30. The van der Waals surface area contributed by atoms with Gasteiger partial charge >= 0.3 is 0 Å². The van der Waals surface area contributed by atoms with E-state index in [0.717, 1.165) is 50.8 Å². The van der Waals surface area contributed by atoms with E-state index in [1.54, 1.807) is 0 Å². The van der Waals surface area contributed by atoms with Crippen LogP contribution in [-0.2, 0) is 17.8 Å².